The quantitative estimate of drug-likeness (QED) is 0.271. The van der Waals surface area contributed by atoms with Gasteiger partial charge < -0.3 is 18.9 Å². The minimum absolute atomic E-state index is 0.0250. The Labute approximate surface area is 207 Å². The first-order chi connectivity index (χ1) is 15.4. The Bertz CT molecular complexity index is 1190. The number of fused-ring (bicyclic) bond motifs is 1. The second-order valence-corrected chi connectivity index (χ2v) is 9.15. The molecule has 0 N–H and O–H groups in total. The SMILES string of the molecule is C#CCOc1c(I)cc(C=C2SC(=O)N(Cc3cc4c(cc3Cl)OCO4)C2=O)cc1OC. The molecule has 0 radical (unpaired) electrons. The van der Waals surface area contributed by atoms with E-state index in [1.807, 2.05) is 6.07 Å². The van der Waals surface area contributed by atoms with Gasteiger partial charge in [-0.05, 0) is 69.8 Å². The molecular weight excluding hydrogens is 569 g/mol. The standard InChI is InChI=1S/C22H15ClINO6S/c1-3-4-29-20-15(24)5-12(6-18(20)28-2)7-19-21(26)25(22(27)32-19)10-13-8-16-17(9-14(13)23)31-11-30-16/h1,5-9H,4,10-11H2,2H3. The number of terminal acetylenes is 1. The van der Waals surface area contributed by atoms with Gasteiger partial charge in [0.05, 0.1) is 22.1 Å². The predicted molar refractivity (Wildman–Crippen MR) is 129 cm³/mol. The highest BCUT2D eigenvalue weighted by atomic mass is 127. The van der Waals surface area contributed by atoms with Crippen molar-refractivity contribution in [2.24, 2.45) is 0 Å². The Kier molecular flexibility index (Phi) is 6.74. The summed E-state index contributed by atoms with van der Waals surface area (Å²) in [4.78, 5) is 27.0. The van der Waals surface area contributed by atoms with Crippen molar-refractivity contribution >= 4 is 63.2 Å². The van der Waals surface area contributed by atoms with Crippen molar-refractivity contribution in [1.29, 1.82) is 0 Å². The number of halogens is 2. The number of carbonyl (C=O) groups is 2. The lowest BCUT2D eigenvalue weighted by atomic mass is 10.1. The molecule has 164 valence electrons. The molecule has 10 heteroatoms. The first kappa shape index (κ1) is 22.6. The Hall–Kier alpha value is -2.55. The topological polar surface area (TPSA) is 74.3 Å². The molecule has 1 fully saturated rings. The van der Waals surface area contributed by atoms with Crippen molar-refractivity contribution in [3.05, 3.63) is 48.9 Å². The van der Waals surface area contributed by atoms with Gasteiger partial charge in [0.25, 0.3) is 11.1 Å². The average Bonchev–Trinajstić information content (AvgIpc) is 3.31. The molecule has 2 aromatic rings. The van der Waals surface area contributed by atoms with Crippen molar-refractivity contribution in [2.45, 2.75) is 6.54 Å². The summed E-state index contributed by atoms with van der Waals surface area (Å²) in [6.45, 7) is 0.235. The summed E-state index contributed by atoms with van der Waals surface area (Å²) >= 11 is 9.27. The van der Waals surface area contributed by atoms with E-state index in [1.165, 1.54) is 7.11 Å². The summed E-state index contributed by atoms with van der Waals surface area (Å²) in [6.07, 6.45) is 6.90. The summed E-state index contributed by atoms with van der Waals surface area (Å²) in [5.74, 6) is 4.07. The Morgan fingerprint density at radius 3 is 2.75 bits per heavy atom. The first-order valence-electron chi connectivity index (χ1n) is 9.18. The van der Waals surface area contributed by atoms with Gasteiger partial charge in [-0.25, -0.2) is 0 Å². The molecule has 0 aliphatic carbocycles. The highest BCUT2D eigenvalue weighted by molar-refractivity contribution is 14.1. The molecule has 0 saturated carbocycles. The van der Waals surface area contributed by atoms with Crippen LogP contribution >= 0.6 is 46.0 Å². The Morgan fingerprint density at radius 2 is 2.03 bits per heavy atom. The Morgan fingerprint density at radius 1 is 1.28 bits per heavy atom. The lowest BCUT2D eigenvalue weighted by molar-refractivity contribution is -0.123. The number of ether oxygens (including phenoxy) is 4. The molecule has 0 unspecified atom stereocenters. The lowest BCUT2D eigenvalue weighted by Gasteiger charge is -2.14. The van der Waals surface area contributed by atoms with Crippen molar-refractivity contribution in [2.75, 3.05) is 20.5 Å². The summed E-state index contributed by atoms with van der Waals surface area (Å²) in [5.41, 5.74) is 1.27. The molecule has 1 saturated heterocycles. The van der Waals surface area contributed by atoms with Gasteiger partial charge in [0.15, 0.2) is 23.0 Å². The molecule has 0 spiro atoms. The average molecular weight is 584 g/mol. The van der Waals surface area contributed by atoms with E-state index in [9.17, 15) is 9.59 Å². The molecule has 2 amide bonds. The Balaban J connectivity index is 1.58. The normalized spacial score (nSPS) is 15.9. The van der Waals surface area contributed by atoms with Crippen LogP contribution in [0.5, 0.6) is 23.0 Å². The lowest BCUT2D eigenvalue weighted by Crippen LogP contribution is -2.27. The van der Waals surface area contributed by atoms with E-state index in [0.717, 1.165) is 20.2 Å². The predicted octanol–water partition coefficient (Wildman–Crippen LogP) is 4.93. The van der Waals surface area contributed by atoms with Crippen LogP contribution in [-0.2, 0) is 11.3 Å². The smallest absolute Gasteiger partial charge is 0.293 e. The summed E-state index contributed by atoms with van der Waals surface area (Å²) in [6, 6.07) is 6.83. The molecule has 2 heterocycles. The number of nitrogens with zero attached hydrogens (tertiary/aromatic N) is 1. The van der Waals surface area contributed by atoms with Crippen LogP contribution in [0.2, 0.25) is 5.02 Å². The fourth-order valence-corrected chi connectivity index (χ4v) is 4.95. The summed E-state index contributed by atoms with van der Waals surface area (Å²) in [7, 11) is 1.51. The maximum atomic E-state index is 13.0. The number of thioether (sulfide) groups is 1. The van der Waals surface area contributed by atoms with E-state index in [4.69, 9.17) is 37.0 Å². The van der Waals surface area contributed by atoms with Crippen molar-refractivity contribution in [3.63, 3.8) is 0 Å². The monoisotopic (exact) mass is 583 g/mol. The molecule has 4 rings (SSSR count). The third-order valence-corrected chi connectivity index (χ3v) is 6.65. The highest BCUT2D eigenvalue weighted by Gasteiger charge is 2.36. The van der Waals surface area contributed by atoms with Gasteiger partial charge in [0, 0.05) is 11.1 Å². The van der Waals surface area contributed by atoms with Crippen LogP contribution in [0.3, 0.4) is 0 Å². The molecular formula is C22H15ClINO6S. The van der Waals surface area contributed by atoms with Gasteiger partial charge in [-0.15, -0.1) is 6.42 Å². The molecule has 2 aromatic carbocycles. The molecule has 0 atom stereocenters. The van der Waals surface area contributed by atoms with Crippen molar-refractivity contribution in [3.8, 4) is 35.3 Å². The second-order valence-electron chi connectivity index (χ2n) is 6.59. The number of hydrogen-bond acceptors (Lipinski definition) is 7. The molecule has 7 nitrogen and oxygen atoms in total. The highest BCUT2D eigenvalue weighted by Crippen LogP contribution is 2.40. The van der Waals surface area contributed by atoms with E-state index < -0.39 is 5.91 Å². The van der Waals surface area contributed by atoms with E-state index in [-0.39, 0.29) is 25.2 Å². The fraction of sp³-hybridized carbons (Fsp3) is 0.182. The number of carbonyl (C=O) groups excluding carboxylic acids is 2. The van der Waals surface area contributed by atoms with Gasteiger partial charge in [0.1, 0.15) is 6.61 Å². The van der Waals surface area contributed by atoms with Crippen LogP contribution < -0.4 is 18.9 Å². The number of hydrogen-bond donors (Lipinski definition) is 0. The summed E-state index contributed by atoms with van der Waals surface area (Å²) in [5, 5.41) is 0.00440. The maximum absolute atomic E-state index is 13.0. The van der Waals surface area contributed by atoms with Crippen molar-refractivity contribution < 1.29 is 28.5 Å². The minimum atomic E-state index is -0.407. The van der Waals surface area contributed by atoms with Crippen LogP contribution in [0.4, 0.5) is 4.79 Å². The van der Waals surface area contributed by atoms with E-state index >= 15 is 0 Å². The zero-order valence-electron chi connectivity index (χ0n) is 16.6. The number of imide groups is 1. The first-order valence-corrected chi connectivity index (χ1v) is 11.5. The molecule has 2 aliphatic heterocycles. The zero-order chi connectivity index (χ0) is 22.8. The van der Waals surface area contributed by atoms with Crippen LogP contribution in [0.15, 0.2) is 29.2 Å². The van der Waals surface area contributed by atoms with Gasteiger partial charge in [-0.1, -0.05) is 17.5 Å². The van der Waals surface area contributed by atoms with E-state index in [2.05, 4.69) is 28.5 Å². The van der Waals surface area contributed by atoms with Crippen LogP contribution in [0.25, 0.3) is 6.08 Å². The van der Waals surface area contributed by atoms with Crippen LogP contribution in [0.1, 0.15) is 11.1 Å². The number of methoxy groups -OCH3 is 1. The number of benzene rings is 2. The third-order valence-electron chi connectivity index (χ3n) is 4.59. The third kappa shape index (κ3) is 4.48. The number of rotatable bonds is 6. The van der Waals surface area contributed by atoms with Crippen LogP contribution in [-0.4, -0.2) is 36.6 Å². The van der Waals surface area contributed by atoms with Gasteiger partial charge >= 0.3 is 0 Å². The van der Waals surface area contributed by atoms with Gasteiger partial charge in [0.2, 0.25) is 6.79 Å². The van der Waals surface area contributed by atoms with E-state index in [0.29, 0.717) is 44.1 Å². The van der Waals surface area contributed by atoms with Gasteiger partial charge in [-0.2, -0.15) is 0 Å². The fourth-order valence-electron chi connectivity index (χ4n) is 3.12. The molecule has 2 aliphatic rings. The zero-order valence-corrected chi connectivity index (χ0v) is 20.4. The minimum Gasteiger partial charge on any atom is -0.493 e. The molecule has 32 heavy (non-hydrogen) atoms. The second kappa shape index (κ2) is 9.52. The van der Waals surface area contributed by atoms with Crippen LogP contribution in [0, 0.1) is 15.9 Å². The number of amides is 2. The molecule has 0 bridgehead atoms. The molecule has 0 aromatic heterocycles. The largest absolute Gasteiger partial charge is 0.493 e. The van der Waals surface area contributed by atoms with E-state index in [1.54, 1.807) is 24.3 Å². The van der Waals surface area contributed by atoms with Crippen molar-refractivity contribution in [1.82, 2.24) is 4.90 Å². The summed E-state index contributed by atoms with van der Waals surface area (Å²) < 4.78 is 22.3. The van der Waals surface area contributed by atoms with Gasteiger partial charge in [-0.3, -0.25) is 14.5 Å². The maximum Gasteiger partial charge on any atom is 0.293 e.